The van der Waals surface area contributed by atoms with Crippen molar-refractivity contribution >= 4 is 17.3 Å². The first-order chi connectivity index (χ1) is 9.87. The van der Waals surface area contributed by atoms with Gasteiger partial charge >= 0.3 is 6.18 Å². The van der Waals surface area contributed by atoms with Gasteiger partial charge < -0.3 is 5.73 Å². The molecule has 0 saturated heterocycles. The number of halogens is 4. The molecule has 0 fully saturated rings. The zero-order chi connectivity index (χ0) is 15.5. The first-order valence-electron chi connectivity index (χ1n) is 6.25. The lowest BCUT2D eigenvalue weighted by atomic mass is 10.1. The summed E-state index contributed by atoms with van der Waals surface area (Å²) in [6.45, 7) is 0.282. The zero-order valence-corrected chi connectivity index (χ0v) is 11.7. The first kappa shape index (κ1) is 15.6. The van der Waals surface area contributed by atoms with Gasteiger partial charge in [-0.1, -0.05) is 11.6 Å². The average Bonchev–Trinajstić information content (AvgIpc) is 2.85. The molecule has 0 atom stereocenters. The summed E-state index contributed by atoms with van der Waals surface area (Å²) in [4.78, 5) is 0. The average molecular weight is 320 g/mol. The van der Waals surface area contributed by atoms with E-state index >= 15 is 0 Å². The van der Waals surface area contributed by atoms with Crippen molar-refractivity contribution in [3.05, 3.63) is 23.2 Å². The van der Waals surface area contributed by atoms with E-state index in [0.29, 0.717) is 28.5 Å². The summed E-state index contributed by atoms with van der Waals surface area (Å²) < 4.78 is 37.7. The molecule has 1 heterocycles. The summed E-state index contributed by atoms with van der Waals surface area (Å²) in [5.41, 5.74) is 6.85. The van der Waals surface area contributed by atoms with Crippen LogP contribution >= 0.6 is 11.6 Å². The Morgan fingerprint density at radius 2 is 2.00 bits per heavy atom. The van der Waals surface area contributed by atoms with Crippen LogP contribution in [0.1, 0.15) is 19.3 Å². The van der Waals surface area contributed by atoms with Crippen molar-refractivity contribution in [2.45, 2.75) is 32.0 Å². The van der Waals surface area contributed by atoms with Crippen molar-refractivity contribution in [2.75, 3.05) is 5.73 Å². The molecule has 2 aromatic rings. The van der Waals surface area contributed by atoms with E-state index < -0.39 is 12.6 Å². The van der Waals surface area contributed by atoms with Crippen molar-refractivity contribution < 1.29 is 13.2 Å². The number of nitrogens with two attached hydrogens (primary N) is 1. The molecule has 0 radical (unpaired) electrons. The van der Waals surface area contributed by atoms with Crippen molar-refractivity contribution in [2.24, 2.45) is 0 Å². The molecule has 114 valence electrons. The minimum atomic E-state index is -4.14. The number of benzene rings is 1. The Morgan fingerprint density at radius 1 is 1.24 bits per heavy atom. The summed E-state index contributed by atoms with van der Waals surface area (Å²) >= 11 is 5.90. The number of nitrogens with zero attached hydrogens (tertiary/aromatic N) is 4. The van der Waals surface area contributed by atoms with Gasteiger partial charge in [0, 0.05) is 29.2 Å². The maximum atomic E-state index is 12.1. The number of anilines is 1. The molecule has 1 aromatic heterocycles. The molecule has 5 nitrogen and oxygen atoms in total. The van der Waals surface area contributed by atoms with E-state index in [1.54, 1.807) is 18.2 Å². The van der Waals surface area contributed by atoms with Gasteiger partial charge in [0.2, 0.25) is 0 Å². The fraction of sp³-hybridized carbons (Fsp3) is 0.417. The van der Waals surface area contributed by atoms with Crippen LogP contribution in [0.4, 0.5) is 18.9 Å². The third-order valence-corrected chi connectivity index (χ3v) is 3.10. The molecule has 2 rings (SSSR count). The predicted octanol–water partition coefficient (Wildman–Crippen LogP) is 3.31. The summed E-state index contributed by atoms with van der Waals surface area (Å²) in [5.74, 6) is 0.391. The van der Waals surface area contributed by atoms with Gasteiger partial charge in [-0.15, -0.1) is 5.10 Å². The molecule has 21 heavy (non-hydrogen) atoms. The summed E-state index contributed by atoms with van der Waals surface area (Å²) in [6.07, 6.45) is -4.61. The van der Waals surface area contributed by atoms with E-state index in [-0.39, 0.29) is 13.0 Å². The molecule has 0 aliphatic carbocycles. The Bertz CT molecular complexity index is 611. The summed E-state index contributed by atoms with van der Waals surface area (Å²) in [7, 11) is 0. The lowest BCUT2D eigenvalue weighted by Gasteiger charge is -2.08. The molecule has 0 amide bonds. The first-order valence-corrected chi connectivity index (χ1v) is 6.63. The molecule has 9 heteroatoms. The minimum Gasteiger partial charge on any atom is -0.398 e. The standard InChI is InChI=1S/C12H13ClF3N5/c13-8-3-4-10(17)9(7-8)11-18-19-20-21(11)6-2-1-5-12(14,15)16/h3-4,7H,1-2,5-6,17H2. The Hall–Kier alpha value is -1.83. The molecule has 0 aliphatic rings. The number of unbranched alkanes of at least 4 members (excludes halogenated alkanes) is 1. The van der Waals surface area contributed by atoms with Gasteiger partial charge in [0.25, 0.3) is 0 Å². The third-order valence-electron chi connectivity index (χ3n) is 2.87. The number of rotatable bonds is 5. The minimum absolute atomic E-state index is 0.0217. The molecule has 0 unspecified atom stereocenters. The fourth-order valence-corrected chi connectivity index (χ4v) is 2.03. The van der Waals surface area contributed by atoms with E-state index in [1.165, 1.54) is 4.68 Å². The highest BCUT2D eigenvalue weighted by Gasteiger charge is 2.26. The van der Waals surface area contributed by atoms with Crippen molar-refractivity contribution in [3.63, 3.8) is 0 Å². The molecule has 2 N–H and O–H groups in total. The zero-order valence-electron chi connectivity index (χ0n) is 10.9. The van der Waals surface area contributed by atoms with Crippen LogP contribution in [0.5, 0.6) is 0 Å². The normalized spacial score (nSPS) is 11.8. The second kappa shape index (κ2) is 6.30. The Morgan fingerprint density at radius 3 is 2.71 bits per heavy atom. The van der Waals surface area contributed by atoms with Crippen molar-refractivity contribution in [3.8, 4) is 11.4 Å². The SMILES string of the molecule is Nc1ccc(Cl)cc1-c1nnnn1CCCCC(F)(F)F. The monoisotopic (exact) mass is 319 g/mol. The van der Waals surface area contributed by atoms with Crippen LogP contribution in [-0.4, -0.2) is 26.4 Å². The fourth-order valence-electron chi connectivity index (χ4n) is 1.86. The highest BCUT2D eigenvalue weighted by atomic mass is 35.5. The van der Waals surface area contributed by atoms with Gasteiger partial charge in [-0.3, -0.25) is 0 Å². The molecule has 0 saturated carbocycles. The Balaban J connectivity index is 2.07. The largest absolute Gasteiger partial charge is 0.398 e. The Kier molecular flexibility index (Phi) is 4.66. The van der Waals surface area contributed by atoms with Crippen LogP contribution in [0, 0.1) is 0 Å². The van der Waals surface area contributed by atoms with Gasteiger partial charge in [0.05, 0.1) is 0 Å². The summed E-state index contributed by atoms with van der Waals surface area (Å²) in [6, 6.07) is 4.88. The molecule has 1 aromatic carbocycles. The lowest BCUT2D eigenvalue weighted by molar-refractivity contribution is -0.135. The van der Waals surface area contributed by atoms with E-state index in [0.717, 1.165) is 0 Å². The number of aryl methyl sites for hydroxylation is 1. The maximum absolute atomic E-state index is 12.1. The van der Waals surface area contributed by atoms with E-state index in [9.17, 15) is 13.2 Å². The van der Waals surface area contributed by atoms with Crippen LogP contribution in [0.25, 0.3) is 11.4 Å². The molecule has 0 spiro atoms. The quantitative estimate of drug-likeness (QED) is 0.678. The highest BCUT2D eigenvalue weighted by Crippen LogP contribution is 2.27. The number of hydrogen-bond acceptors (Lipinski definition) is 4. The van der Waals surface area contributed by atoms with Crippen LogP contribution in [-0.2, 0) is 6.54 Å². The molecular weight excluding hydrogens is 307 g/mol. The Labute approximate surface area is 123 Å². The van der Waals surface area contributed by atoms with Crippen LogP contribution in [0.3, 0.4) is 0 Å². The number of nitrogen functional groups attached to an aromatic ring is 1. The predicted molar refractivity (Wildman–Crippen MR) is 72.6 cm³/mol. The van der Waals surface area contributed by atoms with E-state index in [4.69, 9.17) is 17.3 Å². The maximum Gasteiger partial charge on any atom is 0.389 e. The molecule has 0 bridgehead atoms. The lowest BCUT2D eigenvalue weighted by Crippen LogP contribution is -2.09. The number of tetrazole rings is 1. The van der Waals surface area contributed by atoms with Crippen LogP contribution in [0.15, 0.2) is 18.2 Å². The van der Waals surface area contributed by atoms with Gasteiger partial charge in [0.1, 0.15) is 0 Å². The summed E-state index contributed by atoms with van der Waals surface area (Å²) in [5, 5.41) is 11.6. The number of aromatic nitrogens is 4. The molecule has 0 aliphatic heterocycles. The van der Waals surface area contributed by atoms with E-state index in [2.05, 4.69) is 15.5 Å². The van der Waals surface area contributed by atoms with Gasteiger partial charge in [0.15, 0.2) is 5.82 Å². The molecular formula is C12H13ClF3N5. The second-order valence-corrected chi connectivity index (χ2v) is 4.97. The second-order valence-electron chi connectivity index (χ2n) is 4.53. The van der Waals surface area contributed by atoms with Crippen molar-refractivity contribution in [1.29, 1.82) is 0 Å². The van der Waals surface area contributed by atoms with Crippen LogP contribution < -0.4 is 5.73 Å². The van der Waals surface area contributed by atoms with Gasteiger partial charge in [-0.2, -0.15) is 13.2 Å². The van der Waals surface area contributed by atoms with Crippen LogP contribution in [0.2, 0.25) is 5.02 Å². The van der Waals surface area contributed by atoms with Gasteiger partial charge in [-0.05, 0) is 41.5 Å². The number of alkyl halides is 3. The topological polar surface area (TPSA) is 69.6 Å². The van der Waals surface area contributed by atoms with Gasteiger partial charge in [-0.25, -0.2) is 4.68 Å². The van der Waals surface area contributed by atoms with Crippen molar-refractivity contribution in [1.82, 2.24) is 20.2 Å². The highest BCUT2D eigenvalue weighted by molar-refractivity contribution is 6.31. The van der Waals surface area contributed by atoms with E-state index in [1.807, 2.05) is 0 Å². The smallest absolute Gasteiger partial charge is 0.389 e. The number of hydrogen-bond donors (Lipinski definition) is 1. The third kappa shape index (κ3) is 4.32.